The molecule has 1 saturated heterocycles. The van der Waals surface area contributed by atoms with Gasteiger partial charge in [0.15, 0.2) is 0 Å². The third-order valence-electron chi connectivity index (χ3n) is 3.34. The average molecular weight is 253 g/mol. The van der Waals surface area contributed by atoms with Gasteiger partial charge < -0.3 is 10.6 Å². The van der Waals surface area contributed by atoms with E-state index >= 15 is 0 Å². The summed E-state index contributed by atoms with van der Waals surface area (Å²) in [5.41, 5.74) is 0. The molecular weight excluding hydrogens is 230 g/mol. The maximum atomic E-state index is 4.44. The highest BCUT2D eigenvalue weighted by Crippen LogP contribution is 2.20. The van der Waals surface area contributed by atoms with Crippen molar-refractivity contribution in [1.82, 2.24) is 15.6 Å². The van der Waals surface area contributed by atoms with Crippen molar-refractivity contribution in [3.05, 3.63) is 16.1 Å². The van der Waals surface area contributed by atoms with Gasteiger partial charge in [0.05, 0.1) is 6.04 Å². The molecule has 2 rings (SSSR count). The van der Waals surface area contributed by atoms with E-state index in [9.17, 15) is 0 Å². The van der Waals surface area contributed by atoms with Gasteiger partial charge in [-0.2, -0.15) is 0 Å². The van der Waals surface area contributed by atoms with E-state index in [0.717, 1.165) is 0 Å². The van der Waals surface area contributed by atoms with Crippen LogP contribution in [0.4, 0.5) is 0 Å². The Morgan fingerprint density at radius 3 is 3.00 bits per heavy atom. The van der Waals surface area contributed by atoms with Crippen LogP contribution in [0.5, 0.6) is 0 Å². The lowest BCUT2D eigenvalue weighted by molar-refractivity contribution is 0.407. The van der Waals surface area contributed by atoms with Gasteiger partial charge >= 0.3 is 0 Å². The fraction of sp³-hybridized carbons (Fsp3) is 0.769. The average Bonchev–Trinajstić information content (AvgIpc) is 2.89. The highest BCUT2D eigenvalue weighted by Gasteiger charge is 2.19. The lowest BCUT2D eigenvalue weighted by Crippen LogP contribution is -2.35. The standard InChI is InChI=1S/C13H23N3S/c1-9(7-12-5-4-6-14-12)16-11(3)13-15-8-10(2)17-13/h8-9,11-12,14,16H,4-7H2,1-3H3. The Labute approximate surface area is 108 Å². The first kappa shape index (κ1) is 13.0. The minimum atomic E-state index is 0.366. The summed E-state index contributed by atoms with van der Waals surface area (Å²) in [5.74, 6) is 0. The quantitative estimate of drug-likeness (QED) is 0.847. The molecule has 0 bridgehead atoms. The molecule has 1 aromatic heterocycles. The number of hydrogen-bond donors (Lipinski definition) is 2. The minimum Gasteiger partial charge on any atom is -0.314 e. The van der Waals surface area contributed by atoms with Crippen LogP contribution in [0.15, 0.2) is 6.20 Å². The fourth-order valence-electron chi connectivity index (χ4n) is 2.52. The van der Waals surface area contributed by atoms with Gasteiger partial charge in [0.1, 0.15) is 5.01 Å². The second-order valence-electron chi connectivity index (χ2n) is 5.13. The van der Waals surface area contributed by atoms with Gasteiger partial charge in [-0.05, 0) is 46.6 Å². The minimum absolute atomic E-state index is 0.366. The van der Waals surface area contributed by atoms with E-state index in [0.29, 0.717) is 18.1 Å². The first-order valence-corrected chi connectivity index (χ1v) is 7.38. The normalized spacial score (nSPS) is 23.8. The molecule has 0 saturated carbocycles. The highest BCUT2D eigenvalue weighted by atomic mass is 32.1. The Morgan fingerprint density at radius 1 is 1.59 bits per heavy atom. The Hall–Kier alpha value is -0.450. The van der Waals surface area contributed by atoms with E-state index in [1.807, 2.05) is 6.20 Å². The second kappa shape index (κ2) is 5.94. The van der Waals surface area contributed by atoms with Crippen LogP contribution in [0.25, 0.3) is 0 Å². The maximum Gasteiger partial charge on any atom is 0.109 e. The van der Waals surface area contributed by atoms with Crippen molar-refractivity contribution in [3.63, 3.8) is 0 Å². The maximum absolute atomic E-state index is 4.44. The van der Waals surface area contributed by atoms with Gasteiger partial charge in [-0.3, -0.25) is 0 Å². The zero-order valence-corrected chi connectivity index (χ0v) is 11.8. The number of aromatic nitrogens is 1. The molecule has 1 fully saturated rings. The van der Waals surface area contributed by atoms with Gasteiger partial charge in [-0.1, -0.05) is 0 Å². The van der Waals surface area contributed by atoms with Gasteiger partial charge in [-0.15, -0.1) is 11.3 Å². The largest absolute Gasteiger partial charge is 0.314 e. The van der Waals surface area contributed by atoms with Crippen molar-refractivity contribution >= 4 is 11.3 Å². The summed E-state index contributed by atoms with van der Waals surface area (Å²) in [6.07, 6.45) is 5.84. The summed E-state index contributed by atoms with van der Waals surface area (Å²) in [4.78, 5) is 5.73. The molecule has 4 heteroatoms. The molecule has 1 aliphatic heterocycles. The zero-order valence-electron chi connectivity index (χ0n) is 11.0. The van der Waals surface area contributed by atoms with E-state index in [-0.39, 0.29) is 0 Å². The summed E-state index contributed by atoms with van der Waals surface area (Å²) in [5, 5.41) is 8.40. The van der Waals surface area contributed by atoms with Gasteiger partial charge in [0.2, 0.25) is 0 Å². The van der Waals surface area contributed by atoms with Gasteiger partial charge in [0, 0.05) is 23.2 Å². The van der Waals surface area contributed by atoms with Crippen LogP contribution in [-0.2, 0) is 0 Å². The van der Waals surface area contributed by atoms with Crippen LogP contribution in [0.3, 0.4) is 0 Å². The molecule has 3 nitrogen and oxygen atoms in total. The molecule has 0 spiro atoms. The first-order valence-electron chi connectivity index (χ1n) is 6.57. The predicted octanol–water partition coefficient (Wildman–Crippen LogP) is 2.63. The number of aryl methyl sites for hydroxylation is 1. The molecule has 0 aliphatic carbocycles. The topological polar surface area (TPSA) is 37.0 Å². The van der Waals surface area contributed by atoms with Crippen molar-refractivity contribution in [2.24, 2.45) is 0 Å². The molecule has 2 heterocycles. The van der Waals surface area contributed by atoms with Crippen LogP contribution in [0.1, 0.15) is 49.0 Å². The molecule has 17 heavy (non-hydrogen) atoms. The molecule has 1 aliphatic rings. The lowest BCUT2D eigenvalue weighted by Gasteiger charge is -2.21. The molecule has 3 atom stereocenters. The molecule has 0 radical (unpaired) electrons. The monoisotopic (exact) mass is 253 g/mol. The van der Waals surface area contributed by atoms with E-state index in [4.69, 9.17) is 0 Å². The van der Waals surface area contributed by atoms with E-state index in [1.54, 1.807) is 11.3 Å². The van der Waals surface area contributed by atoms with E-state index < -0.39 is 0 Å². The van der Waals surface area contributed by atoms with Crippen LogP contribution >= 0.6 is 11.3 Å². The number of rotatable bonds is 5. The Morgan fingerprint density at radius 2 is 2.41 bits per heavy atom. The molecule has 3 unspecified atom stereocenters. The number of thiazole rings is 1. The summed E-state index contributed by atoms with van der Waals surface area (Å²) >= 11 is 1.79. The van der Waals surface area contributed by atoms with Crippen molar-refractivity contribution in [2.75, 3.05) is 6.54 Å². The van der Waals surface area contributed by atoms with Crippen LogP contribution < -0.4 is 10.6 Å². The summed E-state index contributed by atoms with van der Waals surface area (Å²) in [6.45, 7) is 7.78. The SMILES string of the molecule is Cc1cnc(C(C)NC(C)CC2CCCN2)s1. The van der Waals surface area contributed by atoms with Gasteiger partial charge in [0.25, 0.3) is 0 Å². The predicted molar refractivity (Wildman–Crippen MR) is 73.5 cm³/mol. The summed E-state index contributed by atoms with van der Waals surface area (Å²) in [6, 6.07) is 1.62. The number of nitrogens with one attached hydrogen (secondary N) is 2. The zero-order chi connectivity index (χ0) is 12.3. The smallest absolute Gasteiger partial charge is 0.109 e. The third kappa shape index (κ3) is 3.76. The number of hydrogen-bond acceptors (Lipinski definition) is 4. The van der Waals surface area contributed by atoms with Crippen LogP contribution in [0, 0.1) is 6.92 Å². The highest BCUT2D eigenvalue weighted by molar-refractivity contribution is 7.11. The second-order valence-corrected chi connectivity index (χ2v) is 6.39. The molecule has 2 N–H and O–H groups in total. The van der Waals surface area contributed by atoms with Crippen molar-refractivity contribution < 1.29 is 0 Å². The first-order chi connectivity index (χ1) is 8.15. The molecule has 0 amide bonds. The van der Waals surface area contributed by atoms with Crippen molar-refractivity contribution in [1.29, 1.82) is 0 Å². The van der Waals surface area contributed by atoms with Gasteiger partial charge in [-0.25, -0.2) is 4.98 Å². The summed E-state index contributed by atoms with van der Waals surface area (Å²) < 4.78 is 0. The molecule has 1 aromatic rings. The molecule has 96 valence electrons. The Bertz CT molecular complexity index is 344. The third-order valence-corrected chi connectivity index (χ3v) is 4.44. The molecule has 0 aromatic carbocycles. The van der Waals surface area contributed by atoms with E-state index in [2.05, 4.69) is 36.4 Å². The Kier molecular flexibility index (Phi) is 4.54. The van der Waals surface area contributed by atoms with Crippen molar-refractivity contribution in [3.8, 4) is 0 Å². The van der Waals surface area contributed by atoms with Crippen molar-refractivity contribution in [2.45, 2.75) is 58.2 Å². The fourth-order valence-corrected chi connectivity index (χ4v) is 3.31. The molecular formula is C13H23N3S. The number of nitrogens with zero attached hydrogens (tertiary/aromatic N) is 1. The van der Waals surface area contributed by atoms with E-state index in [1.165, 1.54) is 35.7 Å². The Balaban J connectivity index is 1.79. The summed E-state index contributed by atoms with van der Waals surface area (Å²) in [7, 11) is 0. The van der Waals surface area contributed by atoms with Crippen LogP contribution in [0.2, 0.25) is 0 Å². The lowest BCUT2D eigenvalue weighted by atomic mass is 10.1. The van der Waals surface area contributed by atoms with Crippen LogP contribution in [-0.4, -0.2) is 23.6 Å².